The second-order valence-corrected chi connectivity index (χ2v) is 8.05. The van der Waals surface area contributed by atoms with Gasteiger partial charge in [0.15, 0.2) is 0 Å². The minimum absolute atomic E-state index is 0.232. The number of carbonyl (C=O) groups excluding carboxylic acids is 3. The highest BCUT2D eigenvalue weighted by atomic mass is 35.5. The molecule has 0 aromatic heterocycles. The van der Waals surface area contributed by atoms with Gasteiger partial charge in [-0.25, -0.2) is 4.79 Å². The lowest BCUT2D eigenvalue weighted by atomic mass is 10.0. The Kier molecular flexibility index (Phi) is 5.71. The fourth-order valence-electron chi connectivity index (χ4n) is 3.04. The van der Waals surface area contributed by atoms with Crippen molar-refractivity contribution in [3.05, 3.63) is 45.1 Å². The zero-order chi connectivity index (χ0) is 19.9. The number of benzene rings is 1. The fraction of sp³-hybridized carbons (Fsp3) is 0.353. The molecule has 0 radical (unpaired) electrons. The normalized spacial score (nSPS) is 22.7. The monoisotopic (exact) mass is 429 g/mol. The summed E-state index contributed by atoms with van der Waals surface area (Å²) in [6.07, 6.45) is 0. The van der Waals surface area contributed by atoms with Gasteiger partial charge in [0.25, 0.3) is 5.91 Å². The van der Waals surface area contributed by atoms with E-state index in [9.17, 15) is 14.4 Å². The molecule has 0 saturated carbocycles. The lowest BCUT2D eigenvalue weighted by molar-refractivity contribution is -0.151. The maximum Gasteiger partial charge on any atom is 0.354 e. The average molecular weight is 430 g/mol. The van der Waals surface area contributed by atoms with Crippen molar-refractivity contribution in [3.8, 4) is 0 Å². The molecule has 3 N–H and O–H groups in total. The minimum atomic E-state index is -1.13. The van der Waals surface area contributed by atoms with Crippen molar-refractivity contribution < 1.29 is 19.1 Å². The summed E-state index contributed by atoms with van der Waals surface area (Å²) >= 11 is 13.6. The van der Waals surface area contributed by atoms with Gasteiger partial charge >= 0.3 is 5.97 Å². The van der Waals surface area contributed by atoms with Crippen LogP contribution >= 0.6 is 35.0 Å². The number of fused-ring (bicyclic) bond motifs is 1. The summed E-state index contributed by atoms with van der Waals surface area (Å²) in [7, 11) is 1.26. The summed E-state index contributed by atoms with van der Waals surface area (Å²) in [4.78, 5) is 38.5. The highest BCUT2D eigenvalue weighted by Gasteiger charge is 2.54. The number of amides is 2. The number of esters is 1. The van der Waals surface area contributed by atoms with Gasteiger partial charge in [-0.15, -0.1) is 11.8 Å². The molecular formula is C17H17Cl2N3O4S. The molecule has 2 amide bonds. The number of methoxy groups -OCH3 is 1. The standard InChI is InChI=1S/C17H17Cl2N3O4S/c1-7-6-27-16-12(15(24)22(16)13(7)17(25)26-2)21-14(23)11(20)10-8(18)4-3-5-9(10)19/h3-5,11-12,16H,6,20H2,1-2H3,(H,21,23)/t11?,12?,16-/m0/s1. The summed E-state index contributed by atoms with van der Waals surface area (Å²) in [5.41, 5.74) is 7.28. The van der Waals surface area contributed by atoms with Crippen LogP contribution in [-0.2, 0) is 19.1 Å². The molecule has 10 heteroatoms. The molecule has 0 spiro atoms. The van der Waals surface area contributed by atoms with E-state index in [0.29, 0.717) is 11.3 Å². The Labute approximate surface area is 170 Å². The molecule has 1 aromatic carbocycles. The predicted octanol–water partition coefficient (Wildman–Crippen LogP) is 1.84. The quantitative estimate of drug-likeness (QED) is 0.559. The Morgan fingerprint density at radius 1 is 1.37 bits per heavy atom. The molecule has 2 heterocycles. The van der Waals surface area contributed by atoms with Crippen LogP contribution in [0.2, 0.25) is 10.0 Å². The third-order valence-electron chi connectivity index (χ3n) is 4.43. The number of nitrogens with two attached hydrogens (primary N) is 1. The van der Waals surface area contributed by atoms with E-state index in [1.54, 1.807) is 25.1 Å². The molecule has 0 aliphatic carbocycles. The highest BCUT2D eigenvalue weighted by molar-refractivity contribution is 8.00. The molecule has 2 aliphatic rings. The molecule has 3 atom stereocenters. The van der Waals surface area contributed by atoms with Crippen LogP contribution in [-0.4, -0.2) is 47.0 Å². The molecule has 1 saturated heterocycles. The number of rotatable bonds is 4. The Morgan fingerprint density at radius 3 is 2.59 bits per heavy atom. The number of carbonyl (C=O) groups is 3. The van der Waals surface area contributed by atoms with Crippen LogP contribution in [0.25, 0.3) is 0 Å². The lowest BCUT2D eigenvalue weighted by Gasteiger charge is -2.49. The zero-order valence-corrected chi connectivity index (χ0v) is 16.8. The van der Waals surface area contributed by atoms with Crippen molar-refractivity contribution >= 4 is 52.7 Å². The van der Waals surface area contributed by atoms with Gasteiger partial charge in [0, 0.05) is 21.4 Å². The van der Waals surface area contributed by atoms with E-state index in [0.717, 1.165) is 5.57 Å². The molecule has 27 heavy (non-hydrogen) atoms. The number of nitrogens with zero attached hydrogens (tertiary/aromatic N) is 1. The Morgan fingerprint density at radius 2 is 2.00 bits per heavy atom. The maximum absolute atomic E-state index is 12.6. The third kappa shape index (κ3) is 3.42. The van der Waals surface area contributed by atoms with Crippen molar-refractivity contribution in [2.24, 2.45) is 5.73 Å². The van der Waals surface area contributed by atoms with Gasteiger partial charge in [0.05, 0.1) is 7.11 Å². The van der Waals surface area contributed by atoms with Crippen LogP contribution in [0.4, 0.5) is 0 Å². The smallest absolute Gasteiger partial charge is 0.354 e. The van der Waals surface area contributed by atoms with Crippen molar-refractivity contribution in [2.45, 2.75) is 24.4 Å². The van der Waals surface area contributed by atoms with Gasteiger partial charge in [-0.1, -0.05) is 29.3 Å². The van der Waals surface area contributed by atoms with Gasteiger partial charge in [-0.3, -0.25) is 14.5 Å². The van der Waals surface area contributed by atoms with Crippen LogP contribution in [0, 0.1) is 0 Å². The predicted molar refractivity (Wildman–Crippen MR) is 103 cm³/mol. The number of ether oxygens (including phenoxy) is 1. The van der Waals surface area contributed by atoms with Gasteiger partial charge in [0.1, 0.15) is 23.2 Å². The first-order valence-electron chi connectivity index (χ1n) is 8.00. The van der Waals surface area contributed by atoms with Crippen LogP contribution < -0.4 is 11.1 Å². The largest absolute Gasteiger partial charge is 0.464 e. The van der Waals surface area contributed by atoms with Gasteiger partial charge in [-0.05, 0) is 24.6 Å². The number of hydrogen-bond donors (Lipinski definition) is 2. The lowest BCUT2D eigenvalue weighted by Crippen LogP contribution is -2.71. The first-order valence-corrected chi connectivity index (χ1v) is 9.81. The molecule has 7 nitrogen and oxygen atoms in total. The van der Waals surface area contributed by atoms with Gasteiger partial charge in [-0.2, -0.15) is 0 Å². The summed E-state index contributed by atoms with van der Waals surface area (Å²) in [5.74, 6) is -0.990. The maximum atomic E-state index is 12.6. The highest BCUT2D eigenvalue weighted by Crippen LogP contribution is 2.40. The van der Waals surface area contributed by atoms with Crippen molar-refractivity contribution in [1.29, 1.82) is 0 Å². The van der Waals surface area contributed by atoms with E-state index in [1.165, 1.54) is 23.8 Å². The van der Waals surface area contributed by atoms with Gasteiger partial charge < -0.3 is 15.8 Å². The average Bonchev–Trinajstić information content (AvgIpc) is 2.64. The summed E-state index contributed by atoms with van der Waals surface area (Å²) < 4.78 is 4.76. The first-order chi connectivity index (χ1) is 12.8. The van der Waals surface area contributed by atoms with E-state index in [1.807, 2.05) is 0 Å². The Balaban J connectivity index is 1.76. The van der Waals surface area contributed by atoms with Crippen LogP contribution in [0.15, 0.2) is 29.5 Å². The number of nitrogens with one attached hydrogen (secondary N) is 1. The first kappa shape index (κ1) is 20.0. The second-order valence-electron chi connectivity index (χ2n) is 6.13. The molecule has 1 fully saturated rings. The third-order valence-corrected chi connectivity index (χ3v) is 6.51. The van der Waals surface area contributed by atoms with Crippen molar-refractivity contribution in [1.82, 2.24) is 10.2 Å². The van der Waals surface area contributed by atoms with Crippen molar-refractivity contribution in [2.75, 3.05) is 12.9 Å². The molecule has 144 valence electrons. The SMILES string of the molecule is COC(=O)C1=C(C)CS[C@H]2C(NC(=O)C(N)c3c(Cl)cccc3Cl)C(=O)N12. The molecule has 3 rings (SSSR count). The molecule has 2 aliphatic heterocycles. The Bertz CT molecular complexity index is 840. The molecule has 2 unspecified atom stereocenters. The topological polar surface area (TPSA) is 102 Å². The number of halogens is 2. The molecular weight excluding hydrogens is 413 g/mol. The van der Waals surface area contributed by atoms with Crippen molar-refractivity contribution in [3.63, 3.8) is 0 Å². The number of hydrogen-bond acceptors (Lipinski definition) is 6. The number of thioether (sulfide) groups is 1. The van der Waals surface area contributed by atoms with Crippen LogP contribution in [0.1, 0.15) is 18.5 Å². The van der Waals surface area contributed by atoms with Crippen LogP contribution in [0.5, 0.6) is 0 Å². The van der Waals surface area contributed by atoms with E-state index >= 15 is 0 Å². The van der Waals surface area contributed by atoms with E-state index in [-0.39, 0.29) is 15.7 Å². The Hall–Kier alpha value is -1.74. The zero-order valence-electron chi connectivity index (χ0n) is 14.5. The summed E-state index contributed by atoms with van der Waals surface area (Å²) in [6.45, 7) is 1.77. The van der Waals surface area contributed by atoms with Crippen LogP contribution in [0.3, 0.4) is 0 Å². The number of β-lactam (4-membered cyclic amide) rings is 1. The van der Waals surface area contributed by atoms with E-state index in [2.05, 4.69) is 5.32 Å². The minimum Gasteiger partial charge on any atom is -0.464 e. The second kappa shape index (κ2) is 7.71. The molecule has 1 aromatic rings. The van der Waals surface area contributed by atoms with E-state index < -0.39 is 35.2 Å². The summed E-state index contributed by atoms with van der Waals surface area (Å²) in [5, 5.41) is 2.78. The van der Waals surface area contributed by atoms with E-state index in [4.69, 9.17) is 33.7 Å². The summed E-state index contributed by atoms with van der Waals surface area (Å²) in [6, 6.07) is 2.90. The van der Waals surface area contributed by atoms with Gasteiger partial charge in [0.2, 0.25) is 5.91 Å². The fourth-order valence-corrected chi connectivity index (χ4v) is 4.97. The molecule has 0 bridgehead atoms.